The number of aromatic amines is 1. The molecule has 0 bridgehead atoms. The first-order valence-corrected chi connectivity index (χ1v) is 7.60. The number of aryl methyl sites for hydroxylation is 1. The lowest BCUT2D eigenvalue weighted by Gasteiger charge is -2.16. The number of rotatable bonds is 4. The largest absolute Gasteiger partial charge is 0.368 e. The summed E-state index contributed by atoms with van der Waals surface area (Å²) in [5.41, 5.74) is 4.04. The summed E-state index contributed by atoms with van der Waals surface area (Å²) >= 11 is 3.49. The number of halogens is 1. The maximum absolute atomic E-state index is 10.4. The van der Waals surface area contributed by atoms with Gasteiger partial charge in [0, 0.05) is 10.7 Å². The molecule has 1 aromatic carbocycles. The number of hydrogen-bond donors (Lipinski definition) is 3. The molecule has 2 heterocycles. The van der Waals surface area contributed by atoms with Gasteiger partial charge in [-0.25, -0.2) is 4.98 Å². The minimum Gasteiger partial charge on any atom is -0.368 e. The third-order valence-electron chi connectivity index (χ3n) is 3.24. The molecule has 6 heteroatoms. The van der Waals surface area contributed by atoms with Gasteiger partial charge < -0.3 is 10.4 Å². The van der Waals surface area contributed by atoms with Gasteiger partial charge in [-0.05, 0) is 58.7 Å². The lowest BCUT2D eigenvalue weighted by atomic mass is 10.2. The smallest absolute Gasteiger partial charge is 0.168 e. The zero-order valence-corrected chi connectivity index (χ0v) is 13.5. The van der Waals surface area contributed by atoms with Crippen molar-refractivity contribution < 1.29 is 5.11 Å². The molecule has 0 aliphatic carbocycles. The fraction of sp³-hybridized carbons (Fsp3) is 0.125. The van der Waals surface area contributed by atoms with Gasteiger partial charge in [0.1, 0.15) is 0 Å². The predicted octanol–water partition coefficient (Wildman–Crippen LogP) is 3.65. The first-order valence-electron chi connectivity index (χ1n) is 6.81. The molecule has 2 aromatic heterocycles. The molecule has 5 nitrogen and oxygen atoms in total. The second-order valence-electron chi connectivity index (χ2n) is 4.95. The van der Waals surface area contributed by atoms with Gasteiger partial charge in [0.05, 0.1) is 22.8 Å². The van der Waals surface area contributed by atoms with Crippen LogP contribution in [0.4, 0.5) is 5.69 Å². The van der Waals surface area contributed by atoms with Crippen LogP contribution in [0.15, 0.2) is 53.1 Å². The highest BCUT2D eigenvalue weighted by atomic mass is 79.9. The maximum Gasteiger partial charge on any atom is 0.168 e. The van der Waals surface area contributed by atoms with E-state index in [4.69, 9.17) is 0 Å². The van der Waals surface area contributed by atoms with Crippen molar-refractivity contribution in [2.45, 2.75) is 13.2 Å². The van der Waals surface area contributed by atoms with E-state index < -0.39 is 6.23 Å². The van der Waals surface area contributed by atoms with E-state index in [0.29, 0.717) is 5.69 Å². The molecule has 1 unspecified atom stereocenters. The topological polar surface area (TPSA) is 73.8 Å². The van der Waals surface area contributed by atoms with Crippen molar-refractivity contribution in [2.75, 3.05) is 5.32 Å². The van der Waals surface area contributed by atoms with E-state index in [9.17, 15) is 5.11 Å². The Kier molecular flexibility index (Phi) is 4.22. The number of aliphatic hydroxyl groups is 1. The number of aromatic nitrogens is 3. The Morgan fingerprint density at radius 2 is 2.09 bits per heavy atom. The lowest BCUT2D eigenvalue weighted by molar-refractivity contribution is 0.203. The average Bonchev–Trinajstić information content (AvgIpc) is 3.04. The molecular formula is C16H15BrN4O. The first-order chi connectivity index (χ1) is 10.6. The molecule has 0 aliphatic heterocycles. The number of hydrogen-bond acceptors (Lipinski definition) is 4. The molecule has 3 rings (SSSR count). The lowest BCUT2D eigenvalue weighted by Crippen LogP contribution is -2.12. The van der Waals surface area contributed by atoms with Crippen LogP contribution in [0.3, 0.4) is 0 Å². The molecule has 0 spiro atoms. The highest BCUT2D eigenvalue weighted by Crippen LogP contribution is 2.26. The molecule has 0 saturated heterocycles. The number of anilines is 1. The molecule has 3 N–H and O–H groups in total. The summed E-state index contributed by atoms with van der Waals surface area (Å²) < 4.78 is 0.899. The fourth-order valence-corrected chi connectivity index (χ4v) is 2.72. The zero-order valence-electron chi connectivity index (χ0n) is 11.9. The van der Waals surface area contributed by atoms with E-state index in [-0.39, 0.29) is 0 Å². The highest BCUT2D eigenvalue weighted by Gasteiger charge is 2.12. The Bertz CT molecular complexity index is 774. The van der Waals surface area contributed by atoms with Gasteiger partial charge in [-0.3, -0.25) is 5.10 Å². The summed E-state index contributed by atoms with van der Waals surface area (Å²) in [6.07, 6.45) is 0.767. The van der Waals surface area contributed by atoms with Gasteiger partial charge in [-0.2, -0.15) is 5.10 Å². The molecule has 22 heavy (non-hydrogen) atoms. The average molecular weight is 359 g/mol. The van der Waals surface area contributed by atoms with E-state index in [1.165, 1.54) is 0 Å². The number of nitrogens with one attached hydrogen (secondary N) is 2. The normalized spacial score (nSPS) is 12.1. The Balaban J connectivity index is 1.83. The minimum atomic E-state index is -0.901. The predicted molar refractivity (Wildman–Crippen MR) is 89.3 cm³/mol. The molecular weight excluding hydrogens is 344 g/mol. The van der Waals surface area contributed by atoms with Crippen LogP contribution in [0.1, 0.15) is 17.5 Å². The zero-order chi connectivity index (χ0) is 15.5. The van der Waals surface area contributed by atoms with E-state index in [1.54, 1.807) is 12.3 Å². The Morgan fingerprint density at radius 3 is 2.82 bits per heavy atom. The van der Waals surface area contributed by atoms with Crippen molar-refractivity contribution in [3.8, 4) is 11.4 Å². The highest BCUT2D eigenvalue weighted by molar-refractivity contribution is 9.10. The van der Waals surface area contributed by atoms with Gasteiger partial charge in [0.15, 0.2) is 6.23 Å². The van der Waals surface area contributed by atoms with Crippen molar-refractivity contribution in [3.05, 3.63) is 64.4 Å². The molecule has 0 aliphatic rings. The third-order valence-corrected chi connectivity index (χ3v) is 3.90. The van der Waals surface area contributed by atoms with Crippen LogP contribution < -0.4 is 5.32 Å². The van der Waals surface area contributed by atoms with Crippen molar-refractivity contribution in [3.63, 3.8) is 0 Å². The molecule has 3 aromatic rings. The summed E-state index contributed by atoms with van der Waals surface area (Å²) in [4.78, 5) is 4.46. The van der Waals surface area contributed by atoms with Crippen molar-refractivity contribution >= 4 is 21.6 Å². The Labute approximate surface area is 136 Å². The van der Waals surface area contributed by atoms with E-state index in [0.717, 1.165) is 27.1 Å². The van der Waals surface area contributed by atoms with Gasteiger partial charge in [-0.15, -0.1) is 0 Å². The second kappa shape index (κ2) is 6.29. The quantitative estimate of drug-likeness (QED) is 0.622. The summed E-state index contributed by atoms with van der Waals surface area (Å²) in [5.74, 6) is 0. The monoisotopic (exact) mass is 358 g/mol. The Morgan fingerprint density at radius 1 is 1.23 bits per heavy atom. The molecule has 112 valence electrons. The third kappa shape index (κ3) is 3.18. The summed E-state index contributed by atoms with van der Waals surface area (Å²) in [6.45, 7) is 2.01. The van der Waals surface area contributed by atoms with Crippen LogP contribution >= 0.6 is 15.9 Å². The van der Waals surface area contributed by atoms with Gasteiger partial charge in [-0.1, -0.05) is 12.1 Å². The maximum atomic E-state index is 10.4. The minimum absolute atomic E-state index is 0.541. The molecule has 0 amide bonds. The molecule has 0 radical (unpaired) electrons. The van der Waals surface area contributed by atoms with Crippen LogP contribution in [0.5, 0.6) is 0 Å². The van der Waals surface area contributed by atoms with Crippen LogP contribution in [0, 0.1) is 6.92 Å². The standard InChI is InChI=1S/C16H15BrN4O/c1-10-5-6-12(11(17)9-10)20-16(22)15-4-2-3-13(19-15)14-7-8-18-21-14/h2-9,16,20,22H,1H3,(H,18,21). The number of H-pyrrole nitrogens is 1. The number of pyridine rings is 1. The molecule has 0 saturated carbocycles. The van der Waals surface area contributed by atoms with E-state index in [2.05, 4.69) is 36.4 Å². The molecule has 0 fully saturated rings. The van der Waals surface area contributed by atoms with Gasteiger partial charge in [0.2, 0.25) is 0 Å². The molecule has 1 atom stereocenters. The van der Waals surface area contributed by atoms with Crippen LogP contribution in [0.25, 0.3) is 11.4 Å². The fourth-order valence-electron chi connectivity index (χ4n) is 2.11. The van der Waals surface area contributed by atoms with Crippen molar-refractivity contribution in [1.29, 1.82) is 0 Å². The number of aliphatic hydroxyl groups excluding tert-OH is 1. The summed E-state index contributed by atoms with van der Waals surface area (Å²) in [7, 11) is 0. The second-order valence-corrected chi connectivity index (χ2v) is 5.80. The number of nitrogens with zero attached hydrogens (tertiary/aromatic N) is 2. The van der Waals surface area contributed by atoms with Crippen LogP contribution in [-0.4, -0.2) is 20.3 Å². The number of benzene rings is 1. The van der Waals surface area contributed by atoms with E-state index in [1.807, 2.05) is 43.3 Å². The van der Waals surface area contributed by atoms with Crippen LogP contribution in [-0.2, 0) is 0 Å². The Hall–Kier alpha value is -2.18. The van der Waals surface area contributed by atoms with Gasteiger partial charge in [0.25, 0.3) is 0 Å². The van der Waals surface area contributed by atoms with Crippen molar-refractivity contribution in [2.24, 2.45) is 0 Å². The summed E-state index contributed by atoms with van der Waals surface area (Å²) in [6, 6.07) is 13.2. The first kappa shape index (κ1) is 14.7. The summed E-state index contributed by atoms with van der Waals surface area (Å²) in [5, 5.41) is 20.2. The SMILES string of the molecule is Cc1ccc(NC(O)c2cccc(-c3ccn[nH]3)n2)c(Br)c1. The van der Waals surface area contributed by atoms with E-state index >= 15 is 0 Å². The van der Waals surface area contributed by atoms with Crippen molar-refractivity contribution in [1.82, 2.24) is 15.2 Å². The van der Waals surface area contributed by atoms with Crippen LogP contribution in [0.2, 0.25) is 0 Å². The van der Waals surface area contributed by atoms with Gasteiger partial charge >= 0.3 is 0 Å².